The fraction of sp³-hybridized carbons (Fsp3) is 0.235. The van der Waals surface area contributed by atoms with E-state index in [9.17, 15) is 9.90 Å². The van der Waals surface area contributed by atoms with Gasteiger partial charge in [-0.05, 0) is 42.0 Å². The number of benzene rings is 2. The number of rotatable bonds is 5. The first-order valence-electron chi connectivity index (χ1n) is 6.79. The highest BCUT2D eigenvalue weighted by Gasteiger charge is 2.23. The van der Waals surface area contributed by atoms with Crippen molar-refractivity contribution in [1.82, 2.24) is 0 Å². The molecule has 1 aliphatic rings. The molecule has 0 unspecified atom stereocenters. The number of ether oxygens (including phenoxy) is 1. The van der Waals surface area contributed by atoms with Crippen molar-refractivity contribution >= 4 is 5.97 Å². The Bertz CT molecular complexity index is 615. The summed E-state index contributed by atoms with van der Waals surface area (Å²) in [7, 11) is 0. The molecule has 1 aliphatic carbocycles. The maximum Gasteiger partial charge on any atom is 0.339 e. The molecule has 1 fully saturated rings. The lowest BCUT2D eigenvalue weighted by Crippen LogP contribution is -2.05. The minimum atomic E-state index is -0.949. The van der Waals surface area contributed by atoms with Crippen LogP contribution in [0.2, 0.25) is 0 Å². The van der Waals surface area contributed by atoms with Crippen LogP contribution in [0.25, 0.3) is 11.1 Å². The zero-order chi connectivity index (χ0) is 13.9. The molecule has 0 atom stereocenters. The van der Waals surface area contributed by atoms with Crippen LogP contribution in [0, 0.1) is 5.92 Å². The van der Waals surface area contributed by atoms with E-state index >= 15 is 0 Å². The van der Waals surface area contributed by atoms with Gasteiger partial charge in [-0.25, -0.2) is 4.79 Å². The Morgan fingerprint density at radius 3 is 2.50 bits per heavy atom. The Morgan fingerprint density at radius 2 is 1.85 bits per heavy atom. The van der Waals surface area contributed by atoms with Crippen LogP contribution in [0.3, 0.4) is 0 Å². The minimum Gasteiger partial charge on any atom is -0.492 e. The van der Waals surface area contributed by atoms with Crippen LogP contribution < -0.4 is 4.74 Å². The van der Waals surface area contributed by atoms with Crippen molar-refractivity contribution in [2.45, 2.75) is 12.8 Å². The predicted octanol–water partition coefficient (Wildman–Crippen LogP) is 3.84. The van der Waals surface area contributed by atoms with Crippen molar-refractivity contribution in [1.29, 1.82) is 0 Å². The highest BCUT2D eigenvalue weighted by molar-refractivity contribution is 5.92. The fourth-order valence-electron chi connectivity index (χ4n) is 2.12. The van der Waals surface area contributed by atoms with Gasteiger partial charge in [0.25, 0.3) is 0 Å². The van der Waals surface area contributed by atoms with E-state index in [0.29, 0.717) is 18.3 Å². The first-order chi connectivity index (χ1) is 9.74. The summed E-state index contributed by atoms with van der Waals surface area (Å²) in [5, 5.41) is 9.23. The molecule has 1 saturated carbocycles. The lowest BCUT2D eigenvalue weighted by atomic mass is 10.0. The van der Waals surface area contributed by atoms with Crippen molar-refractivity contribution in [3.05, 3.63) is 54.1 Å². The van der Waals surface area contributed by atoms with Crippen molar-refractivity contribution < 1.29 is 14.6 Å². The van der Waals surface area contributed by atoms with Crippen LogP contribution in [0.15, 0.2) is 48.5 Å². The molecule has 0 saturated heterocycles. The van der Waals surface area contributed by atoms with Crippen molar-refractivity contribution in [2.24, 2.45) is 5.92 Å². The average molecular weight is 268 g/mol. The Hall–Kier alpha value is -2.29. The van der Waals surface area contributed by atoms with Crippen LogP contribution in [0.4, 0.5) is 0 Å². The zero-order valence-corrected chi connectivity index (χ0v) is 11.1. The molecule has 3 heteroatoms. The number of carboxylic acids is 1. The van der Waals surface area contributed by atoms with Crippen LogP contribution >= 0.6 is 0 Å². The van der Waals surface area contributed by atoms with Crippen molar-refractivity contribution in [3.8, 4) is 16.9 Å². The summed E-state index contributed by atoms with van der Waals surface area (Å²) in [4.78, 5) is 11.2. The Balaban J connectivity index is 1.92. The summed E-state index contributed by atoms with van der Waals surface area (Å²) in [6.45, 7) is 0.610. The van der Waals surface area contributed by atoms with Crippen LogP contribution in [-0.2, 0) is 0 Å². The SMILES string of the molecule is O=C(O)c1ccc(-c2ccccc2)cc1OCC1CC1. The largest absolute Gasteiger partial charge is 0.492 e. The molecule has 3 nitrogen and oxygen atoms in total. The van der Waals surface area contributed by atoms with Gasteiger partial charge in [-0.3, -0.25) is 0 Å². The second kappa shape index (κ2) is 5.37. The molecule has 0 aromatic heterocycles. The molecule has 0 amide bonds. The molecule has 20 heavy (non-hydrogen) atoms. The average Bonchev–Trinajstić information content (AvgIpc) is 3.30. The van der Waals surface area contributed by atoms with E-state index in [-0.39, 0.29) is 5.56 Å². The van der Waals surface area contributed by atoms with Crippen molar-refractivity contribution in [3.63, 3.8) is 0 Å². The Kier molecular flexibility index (Phi) is 3.42. The third-order valence-corrected chi connectivity index (χ3v) is 3.49. The van der Waals surface area contributed by atoms with Gasteiger partial charge in [0.1, 0.15) is 11.3 Å². The van der Waals surface area contributed by atoms with Gasteiger partial charge in [0.15, 0.2) is 0 Å². The number of hydrogen-bond acceptors (Lipinski definition) is 2. The monoisotopic (exact) mass is 268 g/mol. The molecule has 0 bridgehead atoms. The second-order valence-electron chi connectivity index (χ2n) is 5.14. The number of carbonyl (C=O) groups is 1. The zero-order valence-electron chi connectivity index (χ0n) is 11.1. The third kappa shape index (κ3) is 2.82. The van der Waals surface area contributed by atoms with E-state index in [1.54, 1.807) is 6.07 Å². The minimum absolute atomic E-state index is 0.227. The normalized spacial score (nSPS) is 14.0. The molecule has 0 spiro atoms. The van der Waals surface area contributed by atoms with Gasteiger partial charge in [-0.1, -0.05) is 36.4 Å². The highest BCUT2D eigenvalue weighted by atomic mass is 16.5. The predicted molar refractivity (Wildman–Crippen MR) is 77.1 cm³/mol. The first kappa shape index (κ1) is 12.7. The van der Waals surface area contributed by atoms with Gasteiger partial charge in [0.2, 0.25) is 0 Å². The summed E-state index contributed by atoms with van der Waals surface area (Å²) < 4.78 is 5.70. The Labute approximate surface area is 117 Å². The summed E-state index contributed by atoms with van der Waals surface area (Å²) in [5.41, 5.74) is 2.26. The number of carboxylic acid groups (broad SMARTS) is 1. The van der Waals surface area contributed by atoms with E-state index in [1.165, 1.54) is 12.8 Å². The smallest absolute Gasteiger partial charge is 0.339 e. The molecule has 3 rings (SSSR count). The summed E-state index contributed by atoms with van der Waals surface area (Å²) in [6, 6.07) is 15.1. The second-order valence-corrected chi connectivity index (χ2v) is 5.14. The summed E-state index contributed by atoms with van der Waals surface area (Å²) in [6.07, 6.45) is 2.36. The molecule has 2 aromatic rings. The van der Waals surface area contributed by atoms with Crippen LogP contribution in [0.1, 0.15) is 23.2 Å². The number of aromatic carboxylic acids is 1. The third-order valence-electron chi connectivity index (χ3n) is 3.49. The molecule has 0 heterocycles. The number of hydrogen-bond donors (Lipinski definition) is 1. The van der Waals surface area contributed by atoms with E-state index in [2.05, 4.69) is 0 Å². The van der Waals surface area contributed by atoms with Gasteiger partial charge in [-0.2, -0.15) is 0 Å². The Morgan fingerprint density at radius 1 is 1.10 bits per heavy atom. The molecule has 1 N–H and O–H groups in total. The van der Waals surface area contributed by atoms with E-state index < -0.39 is 5.97 Å². The molecule has 2 aromatic carbocycles. The van der Waals surface area contributed by atoms with Gasteiger partial charge < -0.3 is 9.84 Å². The summed E-state index contributed by atoms with van der Waals surface area (Å²) in [5.74, 6) is 0.109. The van der Waals surface area contributed by atoms with Gasteiger partial charge in [0.05, 0.1) is 6.61 Å². The van der Waals surface area contributed by atoms with E-state index in [4.69, 9.17) is 4.74 Å². The maximum absolute atomic E-state index is 11.2. The maximum atomic E-state index is 11.2. The van der Waals surface area contributed by atoms with Crippen LogP contribution in [-0.4, -0.2) is 17.7 Å². The molecule has 102 valence electrons. The fourth-order valence-corrected chi connectivity index (χ4v) is 2.12. The topological polar surface area (TPSA) is 46.5 Å². The standard InChI is InChI=1S/C17H16O3/c18-17(19)15-9-8-14(13-4-2-1-3-5-13)10-16(15)20-11-12-6-7-12/h1-5,8-10,12H,6-7,11H2,(H,18,19). The molecular weight excluding hydrogens is 252 g/mol. The van der Waals surface area contributed by atoms with E-state index in [0.717, 1.165) is 11.1 Å². The lowest BCUT2D eigenvalue weighted by molar-refractivity contribution is 0.0692. The molecule has 0 aliphatic heterocycles. The van der Waals surface area contributed by atoms with Gasteiger partial charge >= 0.3 is 5.97 Å². The summed E-state index contributed by atoms with van der Waals surface area (Å²) >= 11 is 0. The highest BCUT2D eigenvalue weighted by Crippen LogP contribution is 2.32. The van der Waals surface area contributed by atoms with Gasteiger partial charge in [0, 0.05) is 0 Å². The molecular formula is C17H16O3. The molecule has 0 radical (unpaired) electrons. The van der Waals surface area contributed by atoms with Crippen molar-refractivity contribution in [2.75, 3.05) is 6.61 Å². The lowest BCUT2D eigenvalue weighted by Gasteiger charge is -2.11. The first-order valence-corrected chi connectivity index (χ1v) is 6.79. The van der Waals surface area contributed by atoms with E-state index in [1.807, 2.05) is 42.5 Å². The van der Waals surface area contributed by atoms with Crippen LogP contribution in [0.5, 0.6) is 5.75 Å². The van der Waals surface area contributed by atoms with Gasteiger partial charge in [-0.15, -0.1) is 0 Å². The quantitative estimate of drug-likeness (QED) is 0.896.